The number of likely N-dealkylation sites (tertiary alicyclic amines) is 1. The lowest BCUT2D eigenvalue weighted by molar-refractivity contribution is -0.134. The predicted molar refractivity (Wildman–Crippen MR) is 82.0 cm³/mol. The van der Waals surface area contributed by atoms with Crippen molar-refractivity contribution >= 4 is 5.91 Å². The fourth-order valence-electron chi connectivity index (χ4n) is 3.14. The van der Waals surface area contributed by atoms with Crippen LogP contribution < -0.4 is 5.32 Å². The summed E-state index contributed by atoms with van der Waals surface area (Å²) in [6.07, 6.45) is 4.77. The second kappa shape index (κ2) is 6.22. The normalized spacial score (nSPS) is 26.7. The van der Waals surface area contributed by atoms with Crippen LogP contribution in [0.5, 0.6) is 0 Å². The molecule has 116 valence electrons. The Morgan fingerprint density at radius 3 is 2.76 bits per heavy atom. The van der Waals surface area contributed by atoms with Gasteiger partial charge in [-0.2, -0.15) is 0 Å². The molecule has 1 aromatic rings. The molecule has 4 heteroatoms. The number of hydrogen-bond donors (Lipinski definition) is 1. The molecule has 1 N–H and O–H groups in total. The van der Waals surface area contributed by atoms with E-state index in [1.807, 2.05) is 17.9 Å². The van der Waals surface area contributed by atoms with Gasteiger partial charge in [-0.05, 0) is 50.7 Å². The van der Waals surface area contributed by atoms with Crippen LogP contribution >= 0.6 is 0 Å². The summed E-state index contributed by atoms with van der Waals surface area (Å²) in [4.78, 5) is 14.3. The lowest BCUT2D eigenvalue weighted by Gasteiger charge is -2.29. The van der Waals surface area contributed by atoms with Crippen LogP contribution in [-0.2, 0) is 11.3 Å². The summed E-state index contributed by atoms with van der Waals surface area (Å²) in [6.45, 7) is 6.65. The van der Waals surface area contributed by atoms with E-state index in [0.717, 1.165) is 43.4 Å². The van der Waals surface area contributed by atoms with E-state index in [9.17, 15) is 4.79 Å². The molecule has 2 heterocycles. The predicted octanol–water partition coefficient (Wildman–Crippen LogP) is 2.89. The highest BCUT2D eigenvalue weighted by molar-refractivity contribution is 5.81. The summed E-state index contributed by atoms with van der Waals surface area (Å²) in [6, 6.07) is 3.98. The Morgan fingerprint density at radius 1 is 1.38 bits per heavy atom. The zero-order chi connectivity index (χ0) is 14.8. The number of piperidine rings is 1. The lowest BCUT2D eigenvalue weighted by atomic mass is 10.1. The summed E-state index contributed by atoms with van der Waals surface area (Å²) in [5, 5.41) is 3.29. The Labute approximate surface area is 126 Å². The number of nitrogens with zero attached hydrogens (tertiary/aromatic N) is 1. The van der Waals surface area contributed by atoms with Gasteiger partial charge in [-0.15, -0.1) is 0 Å². The van der Waals surface area contributed by atoms with Crippen molar-refractivity contribution in [1.82, 2.24) is 10.2 Å². The fourth-order valence-corrected chi connectivity index (χ4v) is 3.14. The number of rotatable bonds is 5. The largest absolute Gasteiger partial charge is 0.464 e. The zero-order valence-electron chi connectivity index (χ0n) is 13.1. The second-order valence-electron chi connectivity index (χ2n) is 6.61. The molecule has 1 saturated carbocycles. The first-order valence-corrected chi connectivity index (χ1v) is 8.26. The van der Waals surface area contributed by atoms with Gasteiger partial charge in [0, 0.05) is 19.0 Å². The Morgan fingerprint density at radius 2 is 2.10 bits per heavy atom. The molecule has 3 unspecified atom stereocenters. The molecule has 2 aliphatic rings. The van der Waals surface area contributed by atoms with Gasteiger partial charge >= 0.3 is 0 Å². The van der Waals surface area contributed by atoms with Crippen molar-refractivity contribution in [2.45, 2.75) is 58.0 Å². The summed E-state index contributed by atoms with van der Waals surface area (Å²) in [7, 11) is 0. The van der Waals surface area contributed by atoms with Crippen molar-refractivity contribution in [3.8, 4) is 0 Å². The molecule has 1 aliphatic heterocycles. The molecule has 0 aromatic carbocycles. The molecular weight excluding hydrogens is 264 g/mol. The first kappa shape index (κ1) is 14.6. The molecule has 3 rings (SSSR count). The number of hydrogen-bond acceptors (Lipinski definition) is 3. The van der Waals surface area contributed by atoms with Gasteiger partial charge in [0.2, 0.25) is 5.91 Å². The van der Waals surface area contributed by atoms with E-state index in [0.29, 0.717) is 12.5 Å². The molecule has 1 aromatic heterocycles. The first-order chi connectivity index (χ1) is 10.1. The van der Waals surface area contributed by atoms with Crippen LogP contribution in [0.2, 0.25) is 0 Å². The number of carbonyl (C=O) groups is 1. The van der Waals surface area contributed by atoms with Crippen LogP contribution in [-0.4, -0.2) is 29.9 Å². The third-order valence-electron chi connectivity index (χ3n) is 4.78. The van der Waals surface area contributed by atoms with Crippen molar-refractivity contribution in [3.05, 3.63) is 23.7 Å². The molecule has 0 radical (unpaired) electrons. The topological polar surface area (TPSA) is 45.5 Å². The summed E-state index contributed by atoms with van der Waals surface area (Å²) in [5.74, 6) is 3.64. The van der Waals surface area contributed by atoms with Gasteiger partial charge in [0.25, 0.3) is 0 Å². The van der Waals surface area contributed by atoms with E-state index in [1.165, 1.54) is 12.8 Å². The van der Waals surface area contributed by atoms with Crippen LogP contribution in [0.1, 0.15) is 57.0 Å². The monoisotopic (exact) mass is 290 g/mol. The quantitative estimate of drug-likeness (QED) is 0.907. The maximum Gasteiger partial charge on any atom is 0.239 e. The Bertz CT molecular complexity index is 491. The number of amides is 1. The number of carbonyl (C=O) groups excluding carboxylic acids is 1. The molecule has 2 fully saturated rings. The minimum absolute atomic E-state index is 0.142. The molecule has 0 bridgehead atoms. The molecule has 1 saturated heterocycles. The highest BCUT2D eigenvalue weighted by Gasteiger charge is 2.36. The number of furan rings is 1. The van der Waals surface area contributed by atoms with Crippen LogP contribution in [0.3, 0.4) is 0 Å². The van der Waals surface area contributed by atoms with Gasteiger partial charge in [0.1, 0.15) is 11.5 Å². The average Bonchev–Trinajstić information content (AvgIpc) is 3.06. The van der Waals surface area contributed by atoms with Gasteiger partial charge in [0.15, 0.2) is 0 Å². The smallest absolute Gasteiger partial charge is 0.239 e. The van der Waals surface area contributed by atoms with Gasteiger partial charge < -0.3 is 9.32 Å². The van der Waals surface area contributed by atoms with Crippen LogP contribution in [0.25, 0.3) is 0 Å². The van der Waals surface area contributed by atoms with E-state index in [-0.39, 0.29) is 11.9 Å². The van der Waals surface area contributed by atoms with E-state index in [1.54, 1.807) is 0 Å². The minimum Gasteiger partial charge on any atom is -0.464 e. The van der Waals surface area contributed by atoms with Gasteiger partial charge in [-0.3, -0.25) is 10.1 Å². The van der Waals surface area contributed by atoms with Gasteiger partial charge in [-0.1, -0.05) is 6.92 Å². The minimum atomic E-state index is -0.142. The number of nitrogens with one attached hydrogen (secondary N) is 1. The molecule has 0 spiro atoms. The standard InChI is InChI=1S/C17H26N2O2/c1-12-10-15(12)16-7-6-14(21-16)11-18-13(2)17(20)19-8-4-3-5-9-19/h6-7,12-13,15,18H,3-5,8-11H2,1-2H3. The SMILES string of the molecule is CC(NCc1ccc(C2CC2C)o1)C(=O)N1CCCCC1. The van der Waals surface area contributed by atoms with Crippen LogP contribution in [0.15, 0.2) is 16.5 Å². The van der Waals surface area contributed by atoms with E-state index in [2.05, 4.69) is 18.3 Å². The van der Waals surface area contributed by atoms with Crippen LogP contribution in [0.4, 0.5) is 0 Å². The maximum atomic E-state index is 12.3. The highest BCUT2D eigenvalue weighted by Crippen LogP contribution is 2.47. The highest BCUT2D eigenvalue weighted by atomic mass is 16.3. The molecule has 3 atom stereocenters. The fraction of sp³-hybridized carbons (Fsp3) is 0.706. The first-order valence-electron chi connectivity index (χ1n) is 8.26. The van der Waals surface area contributed by atoms with E-state index in [4.69, 9.17) is 4.42 Å². The molecule has 4 nitrogen and oxygen atoms in total. The molecule has 1 aliphatic carbocycles. The zero-order valence-corrected chi connectivity index (χ0v) is 13.1. The Hall–Kier alpha value is -1.29. The van der Waals surface area contributed by atoms with E-state index < -0.39 is 0 Å². The Balaban J connectivity index is 1.47. The second-order valence-corrected chi connectivity index (χ2v) is 6.61. The van der Waals surface area contributed by atoms with Gasteiger partial charge in [0.05, 0.1) is 12.6 Å². The van der Waals surface area contributed by atoms with Crippen LogP contribution in [0, 0.1) is 5.92 Å². The molecule has 21 heavy (non-hydrogen) atoms. The van der Waals surface area contributed by atoms with Crippen molar-refractivity contribution in [2.24, 2.45) is 5.92 Å². The van der Waals surface area contributed by atoms with E-state index >= 15 is 0 Å². The van der Waals surface area contributed by atoms with Crippen molar-refractivity contribution in [3.63, 3.8) is 0 Å². The Kier molecular flexibility index (Phi) is 4.34. The maximum absolute atomic E-state index is 12.3. The lowest BCUT2D eigenvalue weighted by Crippen LogP contribution is -2.46. The summed E-state index contributed by atoms with van der Waals surface area (Å²) in [5.41, 5.74) is 0. The third-order valence-corrected chi connectivity index (χ3v) is 4.78. The molecule has 1 amide bonds. The molecular formula is C17H26N2O2. The van der Waals surface area contributed by atoms with Crippen molar-refractivity contribution in [1.29, 1.82) is 0 Å². The van der Waals surface area contributed by atoms with Crippen molar-refractivity contribution < 1.29 is 9.21 Å². The summed E-state index contributed by atoms with van der Waals surface area (Å²) >= 11 is 0. The average molecular weight is 290 g/mol. The third kappa shape index (κ3) is 3.49. The van der Waals surface area contributed by atoms with Crippen molar-refractivity contribution in [2.75, 3.05) is 13.1 Å². The van der Waals surface area contributed by atoms with Gasteiger partial charge in [-0.25, -0.2) is 0 Å². The summed E-state index contributed by atoms with van der Waals surface area (Å²) < 4.78 is 5.87.